The summed E-state index contributed by atoms with van der Waals surface area (Å²) < 4.78 is 28.3. The molecule has 2 rings (SSSR count). The Hall–Kier alpha value is -0.950. The van der Waals surface area contributed by atoms with Gasteiger partial charge in [0.2, 0.25) is 0 Å². The Morgan fingerprint density at radius 2 is 1.97 bits per heavy atom. The molecule has 2 N–H and O–H groups in total. The molecule has 29 heavy (non-hydrogen) atoms. The van der Waals surface area contributed by atoms with Gasteiger partial charge in [0.05, 0.1) is 39.0 Å². The van der Waals surface area contributed by atoms with Gasteiger partial charge in [-0.05, 0) is 51.3 Å². The Bertz CT molecular complexity index is 732. The van der Waals surface area contributed by atoms with E-state index in [0.29, 0.717) is 17.4 Å². The van der Waals surface area contributed by atoms with Gasteiger partial charge < -0.3 is 19.2 Å². The third kappa shape index (κ3) is 7.06. The molecule has 3 atom stereocenters. The van der Waals surface area contributed by atoms with Crippen molar-refractivity contribution in [1.29, 1.82) is 0 Å². The molecule has 166 valence electrons. The number of phosphoric acid groups is 1. The van der Waals surface area contributed by atoms with Crippen LogP contribution in [-0.4, -0.2) is 54.6 Å². The minimum atomic E-state index is -4.16. The first-order valence-electron chi connectivity index (χ1n) is 10.1. The number of ether oxygens (including phenoxy) is 1. The monoisotopic (exact) mass is 430 g/mol. The maximum atomic E-state index is 12.2. The standard InChI is InChI=1S/C21H36NO6P/c1-20(2,3)28-29(24,25)27-16-22(4,5)15-18-10-7-8-13-21(18,23)17-11-9-12-19(14-17)26-6/h9,11-12,14,18,23H,7-8,10,13,15-16H2,1-6H3/p+1/t18-,21+/m1/s1. The zero-order valence-corrected chi connectivity index (χ0v) is 19.4. The lowest BCUT2D eigenvalue weighted by atomic mass is 9.71. The van der Waals surface area contributed by atoms with Gasteiger partial charge >= 0.3 is 7.82 Å². The zero-order valence-electron chi connectivity index (χ0n) is 18.6. The van der Waals surface area contributed by atoms with E-state index in [1.807, 2.05) is 38.4 Å². The molecular formula is C21H37NO6P+. The lowest BCUT2D eigenvalue weighted by Crippen LogP contribution is -2.51. The molecule has 0 aliphatic heterocycles. The molecule has 1 aliphatic carbocycles. The van der Waals surface area contributed by atoms with Gasteiger partial charge in [0.1, 0.15) is 5.75 Å². The van der Waals surface area contributed by atoms with E-state index in [-0.39, 0.29) is 12.6 Å². The first-order chi connectivity index (χ1) is 13.3. The van der Waals surface area contributed by atoms with Crippen LogP contribution in [0.15, 0.2) is 24.3 Å². The van der Waals surface area contributed by atoms with Crippen LogP contribution in [0.2, 0.25) is 0 Å². The van der Waals surface area contributed by atoms with Gasteiger partial charge in [-0.3, -0.25) is 4.52 Å². The second-order valence-corrected chi connectivity index (χ2v) is 11.0. The molecule has 0 spiro atoms. The number of hydrogen-bond acceptors (Lipinski definition) is 5. The fourth-order valence-electron chi connectivity index (χ4n) is 3.99. The van der Waals surface area contributed by atoms with Crippen LogP contribution >= 0.6 is 7.82 Å². The van der Waals surface area contributed by atoms with Crippen LogP contribution in [0.4, 0.5) is 0 Å². The summed E-state index contributed by atoms with van der Waals surface area (Å²) in [7, 11) is 1.31. The summed E-state index contributed by atoms with van der Waals surface area (Å²) in [6.45, 7) is 5.72. The molecule has 0 bridgehead atoms. The van der Waals surface area contributed by atoms with E-state index < -0.39 is 19.0 Å². The third-order valence-electron chi connectivity index (χ3n) is 5.28. The molecule has 8 heteroatoms. The minimum Gasteiger partial charge on any atom is -0.497 e. The van der Waals surface area contributed by atoms with Crippen molar-refractivity contribution >= 4 is 7.82 Å². The van der Waals surface area contributed by atoms with Crippen LogP contribution in [0.1, 0.15) is 52.0 Å². The number of phosphoric ester groups is 1. The second kappa shape index (κ2) is 9.04. The van der Waals surface area contributed by atoms with Crippen LogP contribution < -0.4 is 4.74 Å². The maximum absolute atomic E-state index is 12.2. The Kier molecular flexibility index (Phi) is 7.59. The SMILES string of the molecule is COc1cccc([C@@]2(O)CCCC[C@@H]2C[N+](C)(C)COP(=O)(O)OC(C)(C)C)c1. The number of rotatable bonds is 8. The van der Waals surface area contributed by atoms with Crippen molar-refractivity contribution in [2.75, 3.05) is 34.5 Å². The summed E-state index contributed by atoms with van der Waals surface area (Å²) in [6, 6.07) is 7.60. The van der Waals surface area contributed by atoms with E-state index in [0.717, 1.165) is 30.6 Å². The van der Waals surface area contributed by atoms with Gasteiger partial charge in [0, 0.05) is 5.92 Å². The minimum absolute atomic E-state index is 0.00848. The van der Waals surface area contributed by atoms with E-state index in [2.05, 4.69) is 0 Å². The van der Waals surface area contributed by atoms with Gasteiger partial charge in [0.15, 0.2) is 6.73 Å². The predicted molar refractivity (Wildman–Crippen MR) is 112 cm³/mol. The number of benzene rings is 1. The van der Waals surface area contributed by atoms with Crippen molar-refractivity contribution in [3.63, 3.8) is 0 Å². The van der Waals surface area contributed by atoms with Crippen molar-refractivity contribution in [1.82, 2.24) is 0 Å². The highest BCUT2D eigenvalue weighted by Crippen LogP contribution is 2.48. The average Bonchev–Trinajstić information content (AvgIpc) is 2.60. The number of quaternary nitrogens is 1. The summed E-state index contributed by atoms with van der Waals surface area (Å²) in [5.74, 6) is 0.710. The lowest BCUT2D eigenvalue weighted by Gasteiger charge is -2.44. The third-order valence-corrected chi connectivity index (χ3v) is 6.50. The van der Waals surface area contributed by atoms with Crippen LogP contribution in [0, 0.1) is 5.92 Å². The highest BCUT2D eigenvalue weighted by atomic mass is 31.2. The highest BCUT2D eigenvalue weighted by Gasteiger charge is 2.44. The molecule has 0 heterocycles. The topological polar surface area (TPSA) is 85.2 Å². The summed E-state index contributed by atoms with van der Waals surface area (Å²) in [6.07, 6.45) is 3.56. The lowest BCUT2D eigenvalue weighted by molar-refractivity contribution is -0.910. The van der Waals surface area contributed by atoms with Crippen molar-refractivity contribution in [2.24, 2.45) is 5.92 Å². The molecule has 1 aromatic rings. The van der Waals surface area contributed by atoms with Crippen molar-refractivity contribution in [3.05, 3.63) is 29.8 Å². The average molecular weight is 431 g/mol. The predicted octanol–water partition coefficient (Wildman–Crippen LogP) is 4.04. The molecule has 0 amide bonds. The molecule has 7 nitrogen and oxygen atoms in total. The molecule has 1 saturated carbocycles. The molecule has 1 unspecified atom stereocenters. The van der Waals surface area contributed by atoms with Crippen molar-refractivity contribution in [3.8, 4) is 5.75 Å². The molecular weight excluding hydrogens is 393 g/mol. The van der Waals surface area contributed by atoms with Gasteiger partial charge in [-0.2, -0.15) is 0 Å². The smallest absolute Gasteiger partial charge is 0.477 e. The van der Waals surface area contributed by atoms with Crippen LogP contribution in [0.3, 0.4) is 0 Å². The van der Waals surface area contributed by atoms with E-state index in [4.69, 9.17) is 13.8 Å². The zero-order chi connectivity index (χ0) is 21.9. The number of aliphatic hydroxyl groups is 1. The Morgan fingerprint density at radius 3 is 2.59 bits per heavy atom. The summed E-state index contributed by atoms with van der Waals surface area (Å²) in [5, 5.41) is 11.6. The normalized spacial score (nSPS) is 25.4. The Morgan fingerprint density at radius 1 is 1.28 bits per heavy atom. The van der Waals surface area contributed by atoms with E-state index in [1.165, 1.54) is 0 Å². The summed E-state index contributed by atoms with van der Waals surface area (Å²) in [4.78, 5) is 10.00. The Labute approximate surface area is 174 Å². The van der Waals surface area contributed by atoms with Crippen molar-refractivity contribution < 1.29 is 32.8 Å². The fourth-order valence-corrected chi connectivity index (χ4v) is 5.20. The first-order valence-corrected chi connectivity index (χ1v) is 11.6. The molecule has 0 saturated heterocycles. The molecule has 1 aliphatic rings. The van der Waals surface area contributed by atoms with Crippen molar-refractivity contribution in [2.45, 2.75) is 57.7 Å². The number of nitrogens with zero attached hydrogens (tertiary/aromatic N) is 1. The van der Waals surface area contributed by atoms with Crippen LogP contribution in [-0.2, 0) is 19.2 Å². The van der Waals surface area contributed by atoms with E-state index in [9.17, 15) is 14.6 Å². The summed E-state index contributed by atoms with van der Waals surface area (Å²) in [5.41, 5.74) is -0.892. The Balaban J connectivity index is 2.13. The number of methoxy groups -OCH3 is 1. The molecule has 1 aromatic carbocycles. The van der Waals surface area contributed by atoms with Gasteiger partial charge in [-0.15, -0.1) is 0 Å². The maximum Gasteiger partial charge on any atom is 0.477 e. The second-order valence-electron chi connectivity index (χ2n) is 9.65. The first kappa shape index (κ1) is 24.3. The quantitative estimate of drug-likeness (QED) is 0.368. The molecule has 0 radical (unpaired) electrons. The van der Waals surface area contributed by atoms with E-state index >= 15 is 0 Å². The fraction of sp³-hybridized carbons (Fsp3) is 0.714. The van der Waals surface area contributed by atoms with Gasteiger partial charge in [0.25, 0.3) is 0 Å². The van der Waals surface area contributed by atoms with Crippen LogP contribution in [0.5, 0.6) is 5.75 Å². The molecule has 1 fully saturated rings. The molecule has 0 aromatic heterocycles. The number of hydrogen-bond donors (Lipinski definition) is 2. The highest BCUT2D eigenvalue weighted by molar-refractivity contribution is 7.47. The van der Waals surface area contributed by atoms with Crippen LogP contribution in [0.25, 0.3) is 0 Å². The summed E-state index contributed by atoms with van der Waals surface area (Å²) >= 11 is 0. The van der Waals surface area contributed by atoms with Gasteiger partial charge in [-0.1, -0.05) is 25.0 Å². The van der Waals surface area contributed by atoms with E-state index in [1.54, 1.807) is 27.9 Å². The largest absolute Gasteiger partial charge is 0.497 e. The van der Waals surface area contributed by atoms with Gasteiger partial charge in [-0.25, -0.2) is 9.09 Å².